The summed E-state index contributed by atoms with van der Waals surface area (Å²) in [4.78, 5) is 5.60. The summed E-state index contributed by atoms with van der Waals surface area (Å²) >= 11 is 1.40. The number of benzene rings is 1. The lowest BCUT2D eigenvalue weighted by Gasteiger charge is -2.09. The van der Waals surface area contributed by atoms with Crippen LogP contribution in [0.25, 0.3) is 0 Å². The lowest BCUT2D eigenvalue weighted by Crippen LogP contribution is -2.13. The second-order valence-corrected chi connectivity index (χ2v) is 7.52. The first-order valence-electron chi connectivity index (χ1n) is 6.44. The highest BCUT2D eigenvalue weighted by Crippen LogP contribution is 2.32. The maximum Gasteiger partial charge on any atom is 0.263 e. The Balaban J connectivity index is 1.89. The third kappa shape index (κ3) is 2.68. The highest BCUT2D eigenvalue weighted by Gasteiger charge is 2.21. The number of thiazole rings is 1. The number of nitrogens with zero attached hydrogens (tertiary/aromatic N) is 1. The van der Waals surface area contributed by atoms with E-state index in [9.17, 15) is 8.42 Å². The van der Waals surface area contributed by atoms with Crippen molar-refractivity contribution in [1.29, 1.82) is 0 Å². The van der Waals surface area contributed by atoms with Crippen LogP contribution in [0.1, 0.15) is 17.0 Å². The van der Waals surface area contributed by atoms with E-state index in [4.69, 9.17) is 10.5 Å². The summed E-state index contributed by atoms with van der Waals surface area (Å²) < 4.78 is 32.3. The lowest BCUT2D eigenvalue weighted by molar-refractivity contribution is 0.415. The summed E-state index contributed by atoms with van der Waals surface area (Å²) in [7, 11) is -2.24. The number of nitrogens with two attached hydrogens (primary N) is 1. The molecule has 0 spiro atoms. The minimum Gasteiger partial charge on any atom is -0.495 e. The number of hydrogen-bond donors (Lipinski definition) is 2. The Hall–Kier alpha value is -1.80. The van der Waals surface area contributed by atoms with Gasteiger partial charge >= 0.3 is 0 Å². The molecule has 2 aromatic rings. The number of ether oxygens (including phenoxy) is 1. The zero-order valence-corrected chi connectivity index (χ0v) is 13.1. The van der Waals surface area contributed by atoms with Crippen LogP contribution in [0.15, 0.2) is 23.1 Å². The second-order valence-electron chi connectivity index (χ2n) is 4.75. The minimum absolute atomic E-state index is 0.101. The van der Waals surface area contributed by atoms with E-state index in [0.717, 1.165) is 25.0 Å². The highest BCUT2D eigenvalue weighted by atomic mass is 32.2. The summed E-state index contributed by atoms with van der Waals surface area (Å²) in [5, 5.41) is 0.412. The topological polar surface area (TPSA) is 94.3 Å². The molecular weight excluding hydrogens is 310 g/mol. The van der Waals surface area contributed by atoms with E-state index in [2.05, 4.69) is 9.71 Å². The van der Waals surface area contributed by atoms with Crippen molar-refractivity contribution in [2.24, 2.45) is 0 Å². The van der Waals surface area contributed by atoms with Gasteiger partial charge < -0.3 is 10.5 Å². The predicted octanol–water partition coefficient (Wildman–Crippen LogP) is 2.02. The van der Waals surface area contributed by atoms with Crippen LogP contribution in [0.3, 0.4) is 0 Å². The number of hydrogen-bond acceptors (Lipinski definition) is 6. The normalized spacial score (nSPS) is 14.0. The van der Waals surface area contributed by atoms with Crippen molar-refractivity contribution in [3.05, 3.63) is 28.8 Å². The number of rotatable bonds is 4. The molecule has 21 heavy (non-hydrogen) atoms. The predicted molar refractivity (Wildman–Crippen MR) is 82.4 cm³/mol. The molecule has 1 aromatic carbocycles. The van der Waals surface area contributed by atoms with Crippen LogP contribution in [0.5, 0.6) is 5.75 Å². The van der Waals surface area contributed by atoms with Crippen molar-refractivity contribution >= 4 is 32.2 Å². The molecule has 6 nitrogen and oxygen atoms in total. The van der Waals surface area contributed by atoms with E-state index in [1.807, 2.05) is 0 Å². The number of nitrogens with one attached hydrogen (secondary N) is 1. The number of anilines is 2. The van der Waals surface area contributed by atoms with Crippen LogP contribution in [-0.2, 0) is 22.9 Å². The standard InChI is InChI=1S/C13H15N3O3S2/c1-19-11-7-8(5-6-9(11)14)21(17,18)16-13-15-10-3-2-4-12(10)20-13/h5-7H,2-4,14H2,1H3,(H,15,16). The van der Waals surface area contributed by atoms with Crippen LogP contribution in [0.2, 0.25) is 0 Å². The molecule has 0 saturated heterocycles. The maximum atomic E-state index is 12.4. The largest absolute Gasteiger partial charge is 0.495 e. The quantitative estimate of drug-likeness (QED) is 0.839. The average molecular weight is 325 g/mol. The summed E-state index contributed by atoms with van der Waals surface area (Å²) in [6.45, 7) is 0. The third-order valence-electron chi connectivity index (χ3n) is 3.33. The summed E-state index contributed by atoms with van der Waals surface area (Å²) in [5.41, 5.74) is 7.09. The van der Waals surface area contributed by atoms with Crippen LogP contribution < -0.4 is 15.2 Å². The second kappa shape index (κ2) is 5.19. The van der Waals surface area contributed by atoms with Crippen LogP contribution in [-0.4, -0.2) is 20.5 Å². The number of sulfonamides is 1. The molecule has 112 valence electrons. The molecule has 0 aliphatic heterocycles. The maximum absolute atomic E-state index is 12.4. The van der Waals surface area contributed by atoms with Gasteiger partial charge in [-0.25, -0.2) is 13.4 Å². The minimum atomic E-state index is -3.69. The molecule has 1 aliphatic rings. The molecule has 0 amide bonds. The number of aromatic nitrogens is 1. The van der Waals surface area contributed by atoms with E-state index in [-0.39, 0.29) is 4.90 Å². The number of fused-ring (bicyclic) bond motifs is 1. The first-order chi connectivity index (χ1) is 9.99. The zero-order valence-electron chi connectivity index (χ0n) is 11.4. The fraction of sp³-hybridized carbons (Fsp3) is 0.308. The molecule has 1 aliphatic carbocycles. The van der Waals surface area contributed by atoms with Gasteiger partial charge in [0.25, 0.3) is 10.0 Å². The van der Waals surface area contributed by atoms with E-state index in [1.165, 1.54) is 41.5 Å². The van der Waals surface area contributed by atoms with E-state index in [0.29, 0.717) is 16.6 Å². The van der Waals surface area contributed by atoms with Gasteiger partial charge in [0.1, 0.15) is 5.75 Å². The van der Waals surface area contributed by atoms with Gasteiger partial charge in [-0.3, -0.25) is 4.72 Å². The molecule has 1 heterocycles. The molecule has 3 rings (SSSR count). The van der Waals surface area contributed by atoms with E-state index >= 15 is 0 Å². The van der Waals surface area contributed by atoms with Crippen molar-refractivity contribution in [1.82, 2.24) is 4.98 Å². The van der Waals surface area contributed by atoms with Gasteiger partial charge in [-0.15, -0.1) is 11.3 Å². The molecular formula is C13H15N3O3S2. The van der Waals surface area contributed by atoms with Gasteiger partial charge in [-0.05, 0) is 31.4 Å². The fourth-order valence-corrected chi connectivity index (χ4v) is 4.57. The molecule has 0 atom stereocenters. The van der Waals surface area contributed by atoms with Crippen LogP contribution in [0.4, 0.5) is 10.8 Å². The van der Waals surface area contributed by atoms with Gasteiger partial charge in [-0.2, -0.15) is 0 Å². The Labute approximate surface area is 127 Å². The molecule has 8 heteroatoms. The van der Waals surface area contributed by atoms with Gasteiger partial charge in [0.15, 0.2) is 5.13 Å². The van der Waals surface area contributed by atoms with Crippen molar-refractivity contribution in [2.45, 2.75) is 24.2 Å². The molecule has 0 saturated carbocycles. The monoisotopic (exact) mass is 325 g/mol. The van der Waals surface area contributed by atoms with Gasteiger partial charge in [-0.1, -0.05) is 0 Å². The van der Waals surface area contributed by atoms with Crippen molar-refractivity contribution in [2.75, 3.05) is 17.6 Å². The highest BCUT2D eigenvalue weighted by molar-refractivity contribution is 7.93. The third-order valence-corrected chi connectivity index (χ3v) is 5.87. The zero-order chi connectivity index (χ0) is 15.0. The van der Waals surface area contributed by atoms with Gasteiger partial charge in [0.05, 0.1) is 23.4 Å². The SMILES string of the molecule is COc1cc(S(=O)(=O)Nc2nc3c(s2)CCC3)ccc1N. The smallest absolute Gasteiger partial charge is 0.263 e. The molecule has 0 fully saturated rings. The van der Waals surface area contributed by atoms with Gasteiger partial charge in [0.2, 0.25) is 0 Å². The molecule has 0 unspecified atom stereocenters. The van der Waals surface area contributed by atoms with Crippen molar-refractivity contribution in [3.8, 4) is 5.75 Å². The Morgan fingerprint density at radius 3 is 2.90 bits per heavy atom. The number of nitrogen functional groups attached to an aromatic ring is 1. The first kappa shape index (κ1) is 14.2. The lowest BCUT2D eigenvalue weighted by atomic mass is 10.3. The van der Waals surface area contributed by atoms with E-state index in [1.54, 1.807) is 0 Å². The first-order valence-corrected chi connectivity index (χ1v) is 8.74. The van der Waals surface area contributed by atoms with E-state index < -0.39 is 10.0 Å². The molecule has 3 N–H and O–H groups in total. The van der Waals surface area contributed by atoms with Gasteiger partial charge in [0, 0.05) is 10.9 Å². The molecule has 0 bridgehead atoms. The van der Waals surface area contributed by atoms with Crippen molar-refractivity contribution in [3.63, 3.8) is 0 Å². The summed E-state index contributed by atoms with van der Waals surface area (Å²) in [5.74, 6) is 0.333. The number of methoxy groups -OCH3 is 1. The summed E-state index contributed by atoms with van der Waals surface area (Å²) in [6.07, 6.45) is 2.99. The Morgan fingerprint density at radius 1 is 1.38 bits per heavy atom. The average Bonchev–Trinajstić information content (AvgIpc) is 2.99. The van der Waals surface area contributed by atoms with Crippen LogP contribution >= 0.6 is 11.3 Å². The summed E-state index contributed by atoms with van der Waals surface area (Å²) in [6, 6.07) is 4.36. The Bertz CT molecular complexity index is 762. The van der Waals surface area contributed by atoms with Crippen molar-refractivity contribution < 1.29 is 13.2 Å². The molecule has 1 aromatic heterocycles. The fourth-order valence-electron chi connectivity index (χ4n) is 2.27. The van der Waals surface area contributed by atoms with Crippen LogP contribution in [0, 0.1) is 0 Å². The molecule has 0 radical (unpaired) electrons. The Morgan fingerprint density at radius 2 is 2.19 bits per heavy atom. The Kier molecular flexibility index (Phi) is 3.50. The number of aryl methyl sites for hydroxylation is 2.